The van der Waals surface area contributed by atoms with Crippen LogP contribution >= 0.6 is 0 Å². The van der Waals surface area contributed by atoms with Crippen LogP contribution in [0.2, 0.25) is 0 Å². The Labute approximate surface area is 150 Å². The molecule has 0 unspecified atom stereocenters. The van der Waals surface area contributed by atoms with Crippen LogP contribution in [0.4, 0.5) is 4.39 Å². The molecule has 1 heterocycles. The number of rotatable bonds is 6. The van der Waals surface area contributed by atoms with E-state index in [0.717, 1.165) is 31.2 Å². The van der Waals surface area contributed by atoms with Crippen molar-refractivity contribution in [2.45, 2.75) is 45.2 Å². The lowest BCUT2D eigenvalue weighted by molar-refractivity contribution is 0.0982. The van der Waals surface area contributed by atoms with Gasteiger partial charge in [0.2, 0.25) is 0 Å². The van der Waals surface area contributed by atoms with Gasteiger partial charge in [0.05, 0.1) is 7.11 Å². The number of piperidine rings is 1. The van der Waals surface area contributed by atoms with Crippen LogP contribution in [0, 0.1) is 5.82 Å². The highest BCUT2D eigenvalue weighted by atomic mass is 19.1. The van der Waals surface area contributed by atoms with E-state index in [1.165, 1.54) is 32.4 Å². The molecule has 25 heavy (non-hydrogen) atoms. The number of guanidine groups is 1. The number of halogens is 1. The first-order chi connectivity index (χ1) is 12.0. The third-order valence-corrected chi connectivity index (χ3v) is 4.80. The lowest BCUT2D eigenvalue weighted by Gasteiger charge is -2.41. The Kier molecular flexibility index (Phi) is 7.05. The van der Waals surface area contributed by atoms with Gasteiger partial charge in [0.15, 0.2) is 17.5 Å². The average molecular weight is 350 g/mol. The van der Waals surface area contributed by atoms with Crippen LogP contribution in [0.25, 0.3) is 0 Å². The summed E-state index contributed by atoms with van der Waals surface area (Å²) >= 11 is 0. The van der Waals surface area contributed by atoms with E-state index in [0.29, 0.717) is 6.54 Å². The third-order valence-electron chi connectivity index (χ3n) is 4.80. The topological polar surface area (TPSA) is 48.9 Å². The van der Waals surface area contributed by atoms with E-state index in [-0.39, 0.29) is 17.1 Å². The molecule has 1 aromatic carbocycles. The maximum absolute atomic E-state index is 13.8. The molecule has 6 heteroatoms. The highest BCUT2D eigenvalue weighted by molar-refractivity contribution is 5.79. The molecule has 0 saturated carbocycles. The lowest BCUT2D eigenvalue weighted by atomic mass is 9.98. The molecule has 0 spiro atoms. The van der Waals surface area contributed by atoms with E-state index < -0.39 is 0 Å². The molecule has 0 aliphatic carbocycles. The average Bonchev–Trinajstić information content (AvgIpc) is 2.62. The van der Waals surface area contributed by atoms with Crippen LogP contribution in [0.1, 0.15) is 38.7 Å². The van der Waals surface area contributed by atoms with Gasteiger partial charge in [-0.15, -0.1) is 0 Å². The first kappa shape index (κ1) is 19.5. The summed E-state index contributed by atoms with van der Waals surface area (Å²) in [5.74, 6) is 0.631. The van der Waals surface area contributed by atoms with Gasteiger partial charge in [-0.2, -0.15) is 0 Å². The molecule has 0 bridgehead atoms. The second-order valence-electron chi connectivity index (χ2n) is 7.11. The lowest BCUT2D eigenvalue weighted by Crippen LogP contribution is -2.54. The van der Waals surface area contributed by atoms with Gasteiger partial charge in [-0.1, -0.05) is 12.5 Å². The molecule has 2 N–H and O–H groups in total. The summed E-state index contributed by atoms with van der Waals surface area (Å²) in [7, 11) is 3.21. The summed E-state index contributed by atoms with van der Waals surface area (Å²) in [5, 5.41) is 6.63. The molecular weight excluding hydrogens is 319 g/mol. The number of aliphatic imine (C=N–C) groups is 1. The maximum atomic E-state index is 13.8. The molecule has 0 radical (unpaired) electrons. The number of hydrogen-bond donors (Lipinski definition) is 2. The Hall–Kier alpha value is -1.82. The van der Waals surface area contributed by atoms with Crippen LogP contribution in [-0.4, -0.2) is 50.2 Å². The third kappa shape index (κ3) is 5.59. The van der Waals surface area contributed by atoms with Gasteiger partial charge in [0.25, 0.3) is 0 Å². The zero-order valence-electron chi connectivity index (χ0n) is 15.9. The van der Waals surface area contributed by atoms with Gasteiger partial charge in [-0.3, -0.25) is 9.89 Å². The molecule has 0 aromatic heterocycles. The van der Waals surface area contributed by atoms with Crippen LogP contribution < -0.4 is 15.4 Å². The van der Waals surface area contributed by atoms with Crippen LogP contribution in [0.15, 0.2) is 23.2 Å². The molecule has 140 valence electrons. The van der Waals surface area contributed by atoms with E-state index in [9.17, 15) is 4.39 Å². The highest BCUT2D eigenvalue weighted by Gasteiger charge is 2.27. The number of nitrogens with zero attached hydrogens (tertiary/aromatic N) is 2. The Balaban J connectivity index is 1.85. The van der Waals surface area contributed by atoms with Crippen molar-refractivity contribution in [3.05, 3.63) is 29.6 Å². The van der Waals surface area contributed by atoms with E-state index in [2.05, 4.69) is 34.4 Å². The van der Waals surface area contributed by atoms with Crippen LogP contribution in [-0.2, 0) is 6.54 Å². The summed E-state index contributed by atoms with van der Waals surface area (Å²) in [6.45, 7) is 8.15. The van der Waals surface area contributed by atoms with Crippen molar-refractivity contribution >= 4 is 5.96 Å². The molecule has 5 nitrogen and oxygen atoms in total. The van der Waals surface area contributed by atoms with E-state index in [4.69, 9.17) is 4.74 Å². The largest absolute Gasteiger partial charge is 0.494 e. The minimum absolute atomic E-state index is 0.0737. The Bertz CT molecular complexity index is 583. The number of likely N-dealkylation sites (tertiary alicyclic amines) is 1. The standard InChI is InChI=1S/C19H31FN4O/c1-19(2,24-10-6-5-7-11-24)14-23-18(21-3)22-13-15-8-9-17(25-4)16(20)12-15/h8-9,12H,5-7,10-11,13-14H2,1-4H3,(H2,21,22,23). The number of methoxy groups -OCH3 is 1. The van der Waals surface area contributed by atoms with E-state index >= 15 is 0 Å². The van der Waals surface area contributed by atoms with Gasteiger partial charge < -0.3 is 15.4 Å². The molecule has 1 aliphatic rings. The summed E-state index contributed by atoms with van der Waals surface area (Å²) in [5.41, 5.74) is 0.918. The quantitative estimate of drug-likeness (QED) is 0.612. The summed E-state index contributed by atoms with van der Waals surface area (Å²) < 4.78 is 18.7. The zero-order valence-corrected chi connectivity index (χ0v) is 15.9. The number of nitrogens with one attached hydrogen (secondary N) is 2. The normalized spacial score (nSPS) is 16.6. The maximum Gasteiger partial charge on any atom is 0.191 e. The molecule has 1 saturated heterocycles. The number of benzene rings is 1. The minimum atomic E-state index is -0.351. The molecule has 0 atom stereocenters. The van der Waals surface area contributed by atoms with Crippen molar-refractivity contribution in [1.29, 1.82) is 0 Å². The molecular formula is C19H31FN4O. The molecule has 1 aromatic rings. The van der Waals surface area contributed by atoms with Crippen molar-refractivity contribution in [3.8, 4) is 5.75 Å². The first-order valence-corrected chi connectivity index (χ1v) is 8.98. The van der Waals surface area contributed by atoms with Crippen molar-refractivity contribution in [3.63, 3.8) is 0 Å². The monoisotopic (exact) mass is 350 g/mol. The smallest absolute Gasteiger partial charge is 0.191 e. The zero-order chi connectivity index (χ0) is 18.3. The van der Waals surface area contributed by atoms with Crippen molar-refractivity contribution in [2.24, 2.45) is 4.99 Å². The molecule has 0 amide bonds. The van der Waals surface area contributed by atoms with Gasteiger partial charge in [0, 0.05) is 25.7 Å². The summed E-state index contributed by atoms with van der Waals surface area (Å²) in [6, 6.07) is 4.97. The molecule has 2 rings (SSSR count). The summed E-state index contributed by atoms with van der Waals surface area (Å²) in [4.78, 5) is 6.80. The summed E-state index contributed by atoms with van der Waals surface area (Å²) in [6.07, 6.45) is 3.89. The fourth-order valence-corrected chi connectivity index (χ4v) is 3.14. The minimum Gasteiger partial charge on any atom is -0.494 e. The molecule has 1 fully saturated rings. The fraction of sp³-hybridized carbons (Fsp3) is 0.632. The molecule has 1 aliphatic heterocycles. The number of ether oxygens (including phenoxy) is 1. The Morgan fingerprint density at radius 3 is 2.56 bits per heavy atom. The van der Waals surface area contributed by atoms with Crippen molar-refractivity contribution in [2.75, 3.05) is 33.8 Å². The van der Waals surface area contributed by atoms with Gasteiger partial charge >= 0.3 is 0 Å². The predicted octanol–water partition coefficient (Wildman–Crippen LogP) is 2.76. The second-order valence-corrected chi connectivity index (χ2v) is 7.11. The Morgan fingerprint density at radius 2 is 1.96 bits per heavy atom. The van der Waals surface area contributed by atoms with Crippen LogP contribution in [0.3, 0.4) is 0 Å². The van der Waals surface area contributed by atoms with E-state index in [1.54, 1.807) is 13.1 Å². The van der Waals surface area contributed by atoms with Gasteiger partial charge in [0.1, 0.15) is 0 Å². The fourth-order valence-electron chi connectivity index (χ4n) is 3.14. The second kappa shape index (κ2) is 9.04. The Morgan fingerprint density at radius 1 is 1.24 bits per heavy atom. The van der Waals surface area contributed by atoms with E-state index in [1.807, 2.05) is 6.07 Å². The van der Waals surface area contributed by atoms with Gasteiger partial charge in [-0.25, -0.2) is 4.39 Å². The van der Waals surface area contributed by atoms with Crippen LogP contribution in [0.5, 0.6) is 5.75 Å². The SMILES string of the molecule is CN=C(NCc1ccc(OC)c(F)c1)NCC(C)(C)N1CCCCC1. The predicted molar refractivity (Wildman–Crippen MR) is 101 cm³/mol. The van der Waals surface area contributed by atoms with Gasteiger partial charge in [-0.05, 0) is 57.5 Å². The van der Waals surface area contributed by atoms with Crippen molar-refractivity contribution in [1.82, 2.24) is 15.5 Å². The van der Waals surface area contributed by atoms with Crippen molar-refractivity contribution < 1.29 is 9.13 Å². The highest BCUT2D eigenvalue weighted by Crippen LogP contribution is 2.20. The number of hydrogen-bond acceptors (Lipinski definition) is 3. The first-order valence-electron chi connectivity index (χ1n) is 8.98.